The van der Waals surface area contributed by atoms with Crippen LogP contribution in [-0.4, -0.2) is 49.4 Å². The maximum atomic E-state index is 12.7. The van der Waals surface area contributed by atoms with Gasteiger partial charge in [-0.25, -0.2) is 0 Å². The molecule has 1 unspecified atom stereocenters. The minimum absolute atomic E-state index is 0.180. The molecule has 0 spiro atoms. The van der Waals surface area contributed by atoms with E-state index < -0.39 is 0 Å². The summed E-state index contributed by atoms with van der Waals surface area (Å²) >= 11 is 1.42. The maximum Gasteiger partial charge on any atom is 0.235 e. The molecule has 1 aliphatic heterocycles. The molecule has 1 fully saturated rings. The Labute approximate surface area is 140 Å². The molecule has 3 rings (SSSR count). The minimum atomic E-state index is -0.193. The highest BCUT2D eigenvalue weighted by Crippen LogP contribution is 2.24. The third kappa shape index (κ3) is 3.90. The van der Waals surface area contributed by atoms with E-state index in [2.05, 4.69) is 15.5 Å². The van der Waals surface area contributed by atoms with E-state index in [0.717, 1.165) is 31.6 Å². The molecule has 0 aliphatic carbocycles. The summed E-state index contributed by atoms with van der Waals surface area (Å²) in [4.78, 5) is 14.6. The molecule has 2 heterocycles. The summed E-state index contributed by atoms with van der Waals surface area (Å²) in [6.45, 7) is 3.67. The number of tetrazole rings is 1. The number of likely N-dealkylation sites (tertiary alicyclic amines) is 1. The Bertz CT molecular complexity index is 637. The van der Waals surface area contributed by atoms with Crippen molar-refractivity contribution in [1.29, 1.82) is 0 Å². The molecule has 122 valence electrons. The van der Waals surface area contributed by atoms with Crippen molar-refractivity contribution in [3.05, 3.63) is 30.3 Å². The first kappa shape index (κ1) is 16.0. The van der Waals surface area contributed by atoms with Crippen LogP contribution in [0.5, 0.6) is 0 Å². The van der Waals surface area contributed by atoms with E-state index in [-0.39, 0.29) is 11.2 Å². The van der Waals surface area contributed by atoms with Crippen LogP contribution < -0.4 is 0 Å². The number of thioether (sulfide) groups is 1. The quantitative estimate of drug-likeness (QED) is 0.806. The molecule has 0 bridgehead atoms. The molecule has 1 aromatic heterocycles. The fraction of sp³-hybridized carbons (Fsp3) is 0.500. The Hall–Kier alpha value is -1.89. The van der Waals surface area contributed by atoms with Gasteiger partial charge in [-0.3, -0.25) is 4.79 Å². The highest BCUT2D eigenvalue weighted by Gasteiger charge is 2.24. The van der Waals surface area contributed by atoms with Gasteiger partial charge in [0, 0.05) is 13.1 Å². The number of carbonyl (C=O) groups is 1. The van der Waals surface area contributed by atoms with Gasteiger partial charge in [-0.2, -0.15) is 4.68 Å². The smallest absolute Gasteiger partial charge is 0.235 e. The monoisotopic (exact) mass is 331 g/mol. The van der Waals surface area contributed by atoms with Crippen LogP contribution in [0.4, 0.5) is 0 Å². The maximum absolute atomic E-state index is 12.7. The van der Waals surface area contributed by atoms with Gasteiger partial charge in [0.1, 0.15) is 0 Å². The Balaban J connectivity index is 1.69. The van der Waals surface area contributed by atoms with Gasteiger partial charge in [0.25, 0.3) is 0 Å². The SMILES string of the molecule is CC(Sc1nnnn1-c1ccccc1)C(=O)N1CCCCCC1. The zero-order valence-electron chi connectivity index (χ0n) is 13.3. The van der Waals surface area contributed by atoms with Crippen LogP contribution in [-0.2, 0) is 4.79 Å². The second-order valence-corrected chi connectivity index (χ2v) is 7.02. The fourth-order valence-electron chi connectivity index (χ4n) is 2.74. The number of carbonyl (C=O) groups excluding carboxylic acids is 1. The van der Waals surface area contributed by atoms with Crippen LogP contribution >= 0.6 is 11.8 Å². The molecule has 1 amide bonds. The number of nitrogens with zero attached hydrogens (tertiary/aromatic N) is 5. The average Bonchev–Trinajstić information content (AvgIpc) is 2.87. The van der Waals surface area contributed by atoms with E-state index in [1.165, 1.54) is 24.6 Å². The Morgan fingerprint density at radius 3 is 2.52 bits per heavy atom. The van der Waals surface area contributed by atoms with Crippen LogP contribution in [0.1, 0.15) is 32.6 Å². The summed E-state index contributed by atoms with van der Waals surface area (Å²) in [5.41, 5.74) is 0.898. The molecule has 0 saturated carbocycles. The van der Waals surface area contributed by atoms with Crippen molar-refractivity contribution >= 4 is 17.7 Å². The summed E-state index contributed by atoms with van der Waals surface area (Å²) < 4.78 is 1.68. The number of hydrogen-bond acceptors (Lipinski definition) is 5. The first-order valence-electron chi connectivity index (χ1n) is 8.05. The van der Waals surface area contributed by atoms with Gasteiger partial charge in [-0.15, -0.1) is 5.10 Å². The topological polar surface area (TPSA) is 63.9 Å². The van der Waals surface area contributed by atoms with Gasteiger partial charge in [0.05, 0.1) is 10.9 Å². The van der Waals surface area contributed by atoms with E-state index in [1.807, 2.05) is 42.2 Å². The largest absolute Gasteiger partial charge is 0.342 e. The molecule has 2 aromatic rings. The molecular weight excluding hydrogens is 310 g/mol. The number of hydrogen-bond donors (Lipinski definition) is 0. The lowest BCUT2D eigenvalue weighted by Gasteiger charge is -2.23. The molecule has 1 aromatic carbocycles. The van der Waals surface area contributed by atoms with Gasteiger partial charge in [0.2, 0.25) is 11.1 Å². The van der Waals surface area contributed by atoms with Crippen molar-refractivity contribution in [2.45, 2.75) is 43.0 Å². The van der Waals surface area contributed by atoms with Crippen molar-refractivity contribution in [1.82, 2.24) is 25.1 Å². The second kappa shape index (κ2) is 7.59. The Kier molecular flexibility index (Phi) is 5.27. The summed E-state index contributed by atoms with van der Waals surface area (Å²) in [5.74, 6) is 0.180. The normalized spacial score (nSPS) is 16.8. The third-order valence-corrected chi connectivity index (χ3v) is 5.01. The fourth-order valence-corrected chi connectivity index (χ4v) is 3.63. The number of aromatic nitrogens is 4. The van der Waals surface area contributed by atoms with E-state index >= 15 is 0 Å². The zero-order valence-corrected chi connectivity index (χ0v) is 14.1. The summed E-state index contributed by atoms with van der Waals surface area (Å²) in [5, 5.41) is 12.3. The van der Waals surface area contributed by atoms with Crippen molar-refractivity contribution < 1.29 is 4.79 Å². The summed E-state index contributed by atoms with van der Waals surface area (Å²) in [6, 6.07) is 9.73. The first-order valence-corrected chi connectivity index (χ1v) is 8.93. The van der Waals surface area contributed by atoms with Crippen molar-refractivity contribution in [2.75, 3.05) is 13.1 Å². The highest BCUT2D eigenvalue weighted by molar-refractivity contribution is 8.00. The highest BCUT2D eigenvalue weighted by atomic mass is 32.2. The molecule has 1 aliphatic rings. The lowest BCUT2D eigenvalue weighted by molar-refractivity contribution is -0.130. The van der Waals surface area contributed by atoms with Gasteiger partial charge >= 0.3 is 0 Å². The Morgan fingerprint density at radius 2 is 1.83 bits per heavy atom. The third-order valence-electron chi connectivity index (χ3n) is 3.99. The van der Waals surface area contributed by atoms with E-state index in [9.17, 15) is 4.79 Å². The zero-order chi connectivity index (χ0) is 16.1. The molecule has 23 heavy (non-hydrogen) atoms. The van der Waals surface area contributed by atoms with Gasteiger partial charge in [0.15, 0.2) is 0 Å². The van der Waals surface area contributed by atoms with Gasteiger partial charge in [-0.1, -0.05) is 42.8 Å². The van der Waals surface area contributed by atoms with E-state index in [0.29, 0.717) is 5.16 Å². The second-order valence-electron chi connectivity index (χ2n) is 5.71. The predicted octanol–water partition coefficient (Wildman–Crippen LogP) is 2.55. The molecule has 1 saturated heterocycles. The average molecular weight is 331 g/mol. The van der Waals surface area contributed by atoms with Crippen LogP contribution in [0.2, 0.25) is 0 Å². The summed E-state index contributed by atoms with van der Waals surface area (Å²) in [6.07, 6.45) is 4.64. The molecule has 0 radical (unpaired) electrons. The number of para-hydroxylation sites is 1. The van der Waals surface area contributed by atoms with Crippen molar-refractivity contribution in [3.8, 4) is 5.69 Å². The minimum Gasteiger partial charge on any atom is -0.342 e. The first-order chi connectivity index (χ1) is 11.3. The lowest BCUT2D eigenvalue weighted by atomic mass is 10.2. The molecule has 1 atom stereocenters. The van der Waals surface area contributed by atoms with E-state index in [4.69, 9.17) is 0 Å². The summed E-state index contributed by atoms with van der Waals surface area (Å²) in [7, 11) is 0. The molecule has 0 N–H and O–H groups in total. The van der Waals surface area contributed by atoms with Crippen LogP contribution in [0.25, 0.3) is 5.69 Å². The number of amides is 1. The Morgan fingerprint density at radius 1 is 1.13 bits per heavy atom. The number of rotatable bonds is 4. The van der Waals surface area contributed by atoms with Crippen LogP contribution in [0.3, 0.4) is 0 Å². The van der Waals surface area contributed by atoms with Gasteiger partial charge < -0.3 is 4.90 Å². The van der Waals surface area contributed by atoms with Crippen LogP contribution in [0.15, 0.2) is 35.5 Å². The standard InChI is InChI=1S/C16H21N5OS/c1-13(15(22)20-11-7-2-3-8-12-20)23-16-17-18-19-21(16)14-9-5-4-6-10-14/h4-6,9-10,13H,2-3,7-8,11-12H2,1H3. The molecule has 6 nitrogen and oxygen atoms in total. The van der Waals surface area contributed by atoms with Crippen molar-refractivity contribution in [3.63, 3.8) is 0 Å². The predicted molar refractivity (Wildman–Crippen MR) is 89.5 cm³/mol. The lowest BCUT2D eigenvalue weighted by Crippen LogP contribution is -2.37. The van der Waals surface area contributed by atoms with Crippen LogP contribution in [0, 0.1) is 0 Å². The van der Waals surface area contributed by atoms with Crippen molar-refractivity contribution in [2.24, 2.45) is 0 Å². The molecule has 7 heteroatoms. The molecular formula is C16H21N5OS. The number of benzene rings is 1. The van der Waals surface area contributed by atoms with Gasteiger partial charge in [-0.05, 0) is 42.3 Å². The van der Waals surface area contributed by atoms with E-state index in [1.54, 1.807) is 4.68 Å².